The summed E-state index contributed by atoms with van der Waals surface area (Å²) in [6, 6.07) is 16.4. The first-order valence-corrected chi connectivity index (χ1v) is 10.3. The Morgan fingerprint density at radius 1 is 0.920 bits per heavy atom. The van der Waals surface area contributed by atoms with Gasteiger partial charge in [0, 0.05) is 10.5 Å². The van der Waals surface area contributed by atoms with Crippen molar-refractivity contribution in [3.8, 4) is 0 Å². The van der Waals surface area contributed by atoms with Crippen molar-refractivity contribution in [1.29, 1.82) is 0 Å². The second-order valence-corrected chi connectivity index (χ2v) is 7.54. The highest BCUT2D eigenvalue weighted by atomic mass is 32.2. The van der Waals surface area contributed by atoms with Crippen LogP contribution in [-0.4, -0.2) is 11.5 Å². The predicted octanol–water partition coefficient (Wildman–Crippen LogP) is 6.82. The molecular formula is C23H28OS. The summed E-state index contributed by atoms with van der Waals surface area (Å²) >= 11 is 1.79. The van der Waals surface area contributed by atoms with Gasteiger partial charge in [-0.3, -0.25) is 4.79 Å². The topological polar surface area (TPSA) is 17.1 Å². The van der Waals surface area contributed by atoms with Crippen LogP contribution in [0.15, 0.2) is 59.5 Å². The summed E-state index contributed by atoms with van der Waals surface area (Å²) in [5.41, 5.74) is 3.19. The van der Waals surface area contributed by atoms with Gasteiger partial charge in [0.25, 0.3) is 0 Å². The Bertz CT molecular complexity index is 668. The summed E-state index contributed by atoms with van der Waals surface area (Å²) in [7, 11) is 0. The minimum atomic E-state index is 0.0525. The normalized spacial score (nSPS) is 11.1. The smallest absolute Gasteiger partial charge is 0.185 e. The molecule has 0 atom stereocenters. The highest BCUT2D eigenvalue weighted by molar-refractivity contribution is 7.99. The number of carbonyl (C=O) groups is 1. The fourth-order valence-electron chi connectivity index (χ4n) is 2.70. The molecule has 0 spiro atoms. The van der Waals surface area contributed by atoms with E-state index in [2.05, 4.69) is 38.1 Å². The Balaban J connectivity index is 1.88. The Morgan fingerprint density at radius 3 is 2.28 bits per heavy atom. The van der Waals surface area contributed by atoms with Gasteiger partial charge in [-0.25, -0.2) is 0 Å². The summed E-state index contributed by atoms with van der Waals surface area (Å²) in [4.78, 5) is 13.5. The molecule has 0 aliphatic rings. The molecule has 0 aliphatic carbocycles. The Hall–Kier alpha value is -1.80. The molecule has 0 fully saturated rings. The van der Waals surface area contributed by atoms with Crippen LogP contribution >= 0.6 is 11.8 Å². The highest BCUT2D eigenvalue weighted by Gasteiger charge is 2.02. The average molecular weight is 353 g/mol. The first kappa shape index (κ1) is 19.5. The van der Waals surface area contributed by atoms with E-state index >= 15 is 0 Å². The van der Waals surface area contributed by atoms with Crippen LogP contribution in [0.5, 0.6) is 0 Å². The Morgan fingerprint density at radius 2 is 1.64 bits per heavy atom. The van der Waals surface area contributed by atoms with Crippen molar-refractivity contribution in [1.82, 2.24) is 0 Å². The quantitative estimate of drug-likeness (QED) is 0.202. The number of unbranched alkanes of at least 4 members (excludes halogenated alkanes) is 3. The number of allylic oxidation sites excluding steroid dienone is 1. The number of benzene rings is 2. The van der Waals surface area contributed by atoms with Gasteiger partial charge in [-0.1, -0.05) is 63.5 Å². The van der Waals surface area contributed by atoms with Gasteiger partial charge >= 0.3 is 0 Å². The lowest BCUT2D eigenvalue weighted by Gasteiger charge is -2.02. The lowest BCUT2D eigenvalue weighted by Crippen LogP contribution is -1.93. The first-order chi connectivity index (χ1) is 12.2. The number of thioether (sulfide) groups is 1. The van der Waals surface area contributed by atoms with Crippen LogP contribution in [0.2, 0.25) is 0 Å². The number of rotatable bonds is 10. The van der Waals surface area contributed by atoms with Gasteiger partial charge in [-0.2, -0.15) is 0 Å². The van der Waals surface area contributed by atoms with Gasteiger partial charge in [0.2, 0.25) is 0 Å². The molecule has 2 heteroatoms. The Kier molecular flexibility index (Phi) is 8.54. The van der Waals surface area contributed by atoms with Crippen molar-refractivity contribution in [2.24, 2.45) is 0 Å². The molecule has 0 saturated heterocycles. The van der Waals surface area contributed by atoms with Crippen LogP contribution in [0.25, 0.3) is 6.08 Å². The second kappa shape index (κ2) is 10.9. The van der Waals surface area contributed by atoms with E-state index in [0.717, 1.165) is 23.3 Å². The Labute approximate surface area is 156 Å². The van der Waals surface area contributed by atoms with E-state index in [1.165, 1.54) is 36.1 Å². The standard InChI is InChI=1S/C23H28OS/c1-3-5-6-7-8-19-9-11-20(12-10-19)13-18-23(24)21-14-16-22(17-15-21)25-4-2/h9-18H,3-8H2,1-2H3. The zero-order valence-electron chi connectivity index (χ0n) is 15.3. The molecule has 1 nitrogen and oxygen atoms in total. The first-order valence-electron chi connectivity index (χ1n) is 9.27. The maximum atomic E-state index is 12.3. The molecule has 2 rings (SSSR count). The third-order valence-electron chi connectivity index (χ3n) is 4.18. The highest BCUT2D eigenvalue weighted by Crippen LogP contribution is 2.18. The van der Waals surface area contributed by atoms with Crippen LogP contribution in [0.3, 0.4) is 0 Å². The summed E-state index contributed by atoms with van der Waals surface area (Å²) in [6.07, 6.45) is 9.87. The van der Waals surface area contributed by atoms with E-state index in [1.54, 1.807) is 17.8 Å². The molecule has 0 unspecified atom stereocenters. The van der Waals surface area contributed by atoms with Crippen molar-refractivity contribution in [3.63, 3.8) is 0 Å². The summed E-state index contributed by atoms with van der Waals surface area (Å²) in [6.45, 7) is 4.36. The van der Waals surface area contributed by atoms with Crippen LogP contribution in [-0.2, 0) is 6.42 Å². The maximum absolute atomic E-state index is 12.3. The minimum Gasteiger partial charge on any atom is -0.289 e. The lowest BCUT2D eigenvalue weighted by molar-refractivity contribution is 0.104. The molecule has 0 saturated carbocycles. The molecule has 25 heavy (non-hydrogen) atoms. The van der Waals surface area contributed by atoms with E-state index in [9.17, 15) is 4.79 Å². The predicted molar refractivity (Wildman–Crippen MR) is 110 cm³/mol. The van der Waals surface area contributed by atoms with Crippen molar-refractivity contribution in [2.75, 3.05) is 5.75 Å². The summed E-state index contributed by atoms with van der Waals surface area (Å²) < 4.78 is 0. The van der Waals surface area contributed by atoms with Crippen LogP contribution in [0.1, 0.15) is 61.0 Å². The largest absolute Gasteiger partial charge is 0.289 e. The van der Waals surface area contributed by atoms with Crippen molar-refractivity contribution in [3.05, 3.63) is 71.3 Å². The third-order valence-corrected chi connectivity index (χ3v) is 5.07. The molecule has 2 aromatic rings. The second-order valence-electron chi connectivity index (χ2n) is 6.21. The SMILES string of the molecule is CCCCCCc1ccc(C=CC(=O)c2ccc(SCC)cc2)cc1. The van der Waals surface area contributed by atoms with E-state index in [1.807, 2.05) is 30.3 Å². The number of hydrogen-bond acceptors (Lipinski definition) is 2. The number of hydrogen-bond donors (Lipinski definition) is 0. The minimum absolute atomic E-state index is 0.0525. The van der Waals surface area contributed by atoms with Crippen molar-refractivity contribution in [2.45, 2.75) is 50.8 Å². The van der Waals surface area contributed by atoms with Crippen LogP contribution in [0, 0.1) is 0 Å². The molecule has 0 N–H and O–H groups in total. The van der Waals surface area contributed by atoms with E-state index < -0.39 is 0 Å². The van der Waals surface area contributed by atoms with Gasteiger partial charge in [0.15, 0.2) is 5.78 Å². The number of ketones is 1. The zero-order chi connectivity index (χ0) is 17.9. The fourth-order valence-corrected chi connectivity index (χ4v) is 3.36. The lowest BCUT2D eigenvalue weighted by atomic mass is 10.0. The van der Waals surface area contributed by atoms with Crippen LogP contribution in [0.4, 0.5) is 0 Å². The van der Waals surface area contributed by atoms with E-state index in [4.69, 9.17) is 0 Å². The van der Waals surface area contributed by atoms with Crippen molar-refractivity contribution < 1.29 is 4.79 Å². The molecule has 132 valence electrons. The van der Waals surface area contributed by atoms with E-state index in [-0.39, 0.29) is 5.78 Å². The monoisotopic (exact) mass is 352 g/mol. The van der Waals surface area contributed by atoms with Gasteiger partial charge in [0.05, 0.1) is 0 Å². The zero-order valence-corrected chi connectivity index (χ0v) is 16.1. The molecule has 0 aliphatic heterocycles. The molecule has 0 amide bonds. The van der Waals surface area contributed by atoms with Gasteiger partial charge < -0.3 is 0 Å². The van der Waals surface area contributed by atoms with Crippen molar-refractivity contribution >= 4 is 23.6 Å². The van der Waals surface area contributed by atoms with Gasteiger partial charge in [-0.15, -0.1) is 11.8 Å². The molecule has 0 bridgehead atoms. The molecule has 2 aromatic carbocycles. The fraction of sp³-hybridized carbons (Fsp3) is 0.348. The third kappa shape index (κ3) is 6.91. The van der Waals surface area contributed by atoms with Crippen LogP contribution < -0.4 is 0 Å². The van der Waals surface area contributed by atoms with E-state index in [0.29, 0.717) is 0 Å². The molecule has 0 heterocycles. The summed E-state index contributed by atoms with van der Waals surface area (Å²) in [5, 5.41) is 0. The average Bonchev–Trinajstić information content (AvgIpc) is 2.65. The molecule has 0 aromatic heterocycles. The summed E-state index contributed by atoms with van der Waals surface area (Å²) in [5.74, 6) is 1.10. The number of carbonyl (C=O) groups excluding carboxylic acids is 1. The molecular weight excluding hydrogens is 324 g/mol. The van der Waals surface area contributed by atoms with Gasteiger partial charge in [-0.05, 0) is 60.1 Å². The number of aryl methyl sites for hydroxylation is 1. The molecule has 0 radical (unpaired) electrons. The van der Waals surface area contributed by atoms with Gasteiger partial charge in [0.1, 0.15) is 0 Å². The maximum Gasteiger partial charge on any atom is 0.185 e.